The van der Waals surface area contributed by atoms with E-state index in [-0.39, 0.29) is 12.2 Å². The second kappa shape index (κ2) is 7.24. The van der Waals surface area contributed by atoms with E-state index in [9.17, 15) is 9.59 Å². The Hall–Kier alpha value is -2.71. The van der Waals surface area contributed by atoms with Gasteiger partial charge in [0.25, 0.3) is 0 Å². The quantitative estimate of drug-likeness (QED) is 0.623. The molecule has 3 rings (SSSR count). The third kappa shape index (κ3) is 3.61. The minimum atomic E-state index is -0.0644. The molecule has 2 nitrogen and oxygen atoms in total. The molecule has 0 aliphatic heterocycles. The van der Waals surface area contributed by atoms with Gasteiger partial charge < -0.3 is 0 Å². The summed E-state index contributed by atoms with van der Waals surface area (Å²) in [6.45, 7) is 0. The van der Waals surface area contributed by atoms with Crippen LogP contribution in [-0.2, 0) is 11.2 Å². The molecule has 0 aliphatic rings. The minimum Gasteiger partial charge on any atom is -0.291 e. The van der Waals surface area contributed by atoms with Gasteiger partial charge in [0.1, 0.15) is 0 Å². The maximum Gasteiger partial charge on any atom is 0.203 e. The molecule has 0 heterocycles. The molecule has 3 aromatic rings. The number of halogens is 1. The van der Waals surface area contributed by atoms with E-state index in [4.69, 9.17) is 11.6 Å². The lowest BCUT2D eigenvalue weighted by molar-refractivity contribution is 0.103. The summed E-state index contributed by atoms with van der Waals surface area (Å²) < 4.78 is 0. The number of hydrogen-bond acceptors (Lipinski definition) is 2. The van der Waals surface area contributed by atoms with E-state index in [0.29, 0.717) is 16.1 Å². The van der Waals surface area contributed by atoms with E-state index >= 15 is 0 Å². The Morgan fingerprint density at radius 2 is 1.46 bits per heavy atom. The molecule has 0 unspecified atom stereocenters. The van der Waals surface area contributed by atoms with Crippen molar-refractivity contribution in [3.8, 4) is 11.1 Å². The zero-order chi connectivity index (χ0) is 16.9. The Balaban J connectivity index is 1.85. The molecule has 0 N–H and O–H groups in total. The molecule has 0 aliphatic carbocycles. The van der Waals surface area contributed by atoms with Gasteiger partial charge in [-0.25, -0.2) is 0 Å². The van der Waals surface area contributed by atoms with Crippen LogP contribution >= 0.6 is 11.6 Å². The monoisotopic (exact) mass is 333 g/mol. The largest absolute Gasteiger partial charge is 0.291 e. The van der Waals surface area contributed by atoms with E-state index in [1.807, 2.05) is 60.9 Å². The van der Waals surface area contributed by atoms with Gasteiger partial charge in [-0.05, 0) is 34.9 Å². The molecule has 0 bridgehead atoms. The van der Waals surface area contributed by atoms with Crippen molar-refractivity contribution in [1.82, 2.24) is 0 Å². The Morgan fingerprint density at radius 3 is 2.08 bits per heavy atom. The number of hydrogen-bond donors (Lipinski definition) is 0. The standard InChI is InChI=1S/C21H14ClO2/c22-20-10-8-17(9-11-20)16-4-6-18(7-5-16)21(24)19-3-1-2-15(14-19)12-13-23/h1-11,14H,12H2. The van der Waals surface area contributed by atoms with Gasteiger partial charge in [-0.3, -0.25) is 9.59 Å². The number of rotatable bonds is 5. The van der Waals surface area contributed by atoms with Crippen molar-refractivity contribution in [1.29, 1.82) is 0 Å². The third-order valence-electron chi connectivity index (χ3n) is 3.79. The van der Waals surface area contributed by atoms with E-state index in [0.717, 1.165) is 16.7 Å². The summed E-state index contributed by atoms with van der Waals surface area (Å²) in [5.74, 6) is -0.0644. The van der Waals surface area contributed by atoms with Gasteiger partial charge in [0.2, 0.25) is 6.29 Å². The average Bonchev–Trinajstić information content (AvgIpc) is 2.62. The molecule has 1 radical (unpaired) electrons. The topological polar surface area (TPSA) is 34.1 Å². The molecule has 0 spiro atoms. The summed E-state index contributed by atoms with van der Waals surface area (Å²) in [6, 6.07) is 22.1. The van der Waals surface area contributed by atoms with Crippen molar-refractivity contribution in [3.05, 3.63) is 94.5 Å². The highest BCUT2D eigenvalue weighted by Gasteiger charge is 2.10. The van der Waals surface area contributed by atoms with Crippen molar-refractivity contribution in [3.63, 3.8) is 0 Å². The van der Waals surface area contributed by atoms with Gasteiger partial charge >= 0.3 is 0 Å². The Bertz CT molecular complexity index is 865. The van der Waals surface area contributed by atoms with Crippen LogP contribution in [0.4, 0.5) is 0 Å². The van der Waals surface area contributed by atoms with E-state index in [1.54, 1.807) is 18.2 Å². The van der Waals surface area contributed by atoms with E-state index in [1.165, 1.54) is 0 Å². The van der Waals surface area contributed by atoms with Gasteiger partial charge in [0.15, 0.2) is 5.78 Å². The molecular weight excluding hydrogens is 320 g/mol. The minimum absolute atomic E-state index is 0.0644. The molecule has 0 amide bonds. The Morgan fingerprint density at radius 1 is 0.833 bits per heavy atom. The Kier molecular flexibility index (Phi) is 4.88. The van der Waals surface area contributed by atoms with Crippen LogP contribution in [-0.4, -0.2) is 12.1 Å². The fraction of sp³-hybridized carbons (Fsp3) is 0.0476. The van der Waals surface area contributed by atoms with Gasteiger partial charge in [-0.2, -0.15) is 0 Å². The second-order valence-corrected chi connectivity index (χ2v) is 5.87. The van der Waals surface area contributed by atoms with Gasteiger partial charge in [0.05, 0.1) is 0 Å². The predicted molar refractivity (Wildman–Crippen MR) is 96.2 cm³/mol. The highest BCUT2D eigenvalue weighted by atomic mass is 35.5. The average molecular weight is 334 g/mol. The second-order valence-electron chi connectivity index (χ2n) is 5.43. The first-order chi connectivity index (χ1) is 11.7. The fourth-order valence-corrected chi connectivity index (χ4v) is 2.65. The number of carbonyl (C=O) groups is 1. The molecule has 0 aromatic heterocycles. The summed E-state index contributed by atoms with van der Waals surface area (Å²) in [6.07, 6.45) is 2.04. The molecule has 24 heavy (non-hydrogen) atoms. The fourth-order valence-electron chi connectivity index (χ4n) is 2.53. The van der Waals surface area contributed by atoms with Crippen LogP contribution in [0, 0.1) is 0 Å². The number of ketones is 1. The van der Waals surface area contributed by atoms with Crippen molar-refractivity contribution < 1.29 is 9.59 Å². The first kappa shape index (κ1) is 16.2. The zero-order valence-corrected chi connectivity index (χ0v) is 13.6. The number of carbonyl (C=O) groups excluding carboxylic acids is 2. The highest BCUT2D eigenvalue weighted by molar-refractivity contribution is 6.30. The van der Waals surface area contributed by atoms with E-state index in [2.05, 4.69) is 0 Å². The van der Waals surface area contributed by atoms with Crippen molar-refractivity contribution in [2.24, 2.45) is 0 Å². The first-order valence-electron chi connectivity index (χ1n) is 7.52. The van der Waals surface area contributed by atoms with Crippen LogP contribution in [0.2, 0.25) is 5.02 Å². The Labute approximate surface area is 145 Å². The molecule has 3 heteroatoms. The first-order valence-corrected chi connectivity index (χ1v) is 7.90. The van der Waals surface area contributed by atoms with Gasteiger partial charge in [0, 0.05) is 22.6 Å². The van der Waals surface area contributed by atoms with Crippen LogP contribution < -0.4 is 0 Å². The molecule has 0 saturated carbocycles. The lowest BCUT2D eigenvalue weighted by atomic mass is 9.98. The maximum atomic E-state index is 12.6. The summed E-state index contributed by atoms with van der Waals surface area (Å²) in [5, 5.41) is 0.693. The van der Waals surface area contributed by atoms with Crippen LogP contribution in [0.1, 0.15) is 21.5 Å². The van der Waals surface area contributed by atoms with Crippen molar-refractivity contribution in [2.45, 2.75) is 6.42 Å². The SMILES string of the molecule is O=[C]Cc1cccc(C(=O)c2ccc(-c3ccc(Cl)cc3)cc2)c1. The van der Waals surface area contributed by atoms with Crippen molar-refractivity contribution >= 4 is 23.7 Å². The van der Waals surface area contributed by atoms with Crippen molar-refractivity contribution in [2.75, 3.05) is 0 Å². The molecule has 0 atom stereocenters. The zero-order valence-electron chi connectivity index (χ0n) is 12.8. The molecule has 117 valence electrons. The normalized spacial score (nSPS) is 10.4. The lowest BCUT2D eigenvalue weighted by Gasteiger charge is -2.06. The summed E-state index contributed by atoms with van der Waals surface area (Å²) >= 11 is 5.90. The molecular formula is C21H14ClO2. The lowest BCUT2D eigenvalue weighted by Crippen LogP contribution is -2.02. The van der Waals surface area contributed by atoms with Gasteiger partial charge in [-0.1, -0.05) is 66.2 Å². The van der Waals surface area contributed by atoms with Crippen LogP contribution in [0.25, 0.3) is 11.1 Å². The summed E-state index contributed by atoms with van der Waals surface area (Å²) in [7, 11) is 0. The maximum absolute atomic E-state index is 12.6. The highest BCUT2D eigenvalue weighted by Crippen LogP contribution is 2.22. The predicted octanol–water partition coefficient (Wildman–Crippen LogP) is 4.89. The third-order valence-corrected chi connectivity index (χ3v) is 4.04. The number of benzene rings is 3. The molecule has 0 fully saturated rings. The summed E-state index contributed by atoms with van der Waals surface area (Å²) in [4.78, 5) is 23.1. The summed E-state index contributed by atoms with van der Waals surface area (Å²) in [5.41, 5.74) is 4.03. The van der Waals surface area contributed by atoms with Crippen LogP contribution in [0.3, 0.4) is 0 Å². The van der Waals surface area contributed by atoms with E-state index < -0.39 is 0 Å². The van der Waals surface area contributed by atoms with Crippen LogP contribution in [0.15, 0.2) is 72.8 Å². The van der Waals surface area contributed by atoms with Gasteiger partial charge in [-0.15, -0.1) is 0 Å². The molecule has 3 aromatic carbocycles. The van der Waals surface area contributed by atoms with Crippen LogP contribution in [0.5, 0.6) is 0 Å². The smallest absolute Gasteiger partial charge is 0.203 e. The molecule has 0 saturated heterocycles.